The summed E-state index contributed by atoms with van der Waals surface area (Å²) in [6.07, 6.45) is 0. The van der Waals surface area contributed by atoms with Gasteiger partial charge in [-0.05, 0) is 29.8 Å². The Hall–Kier alpha value is -3.10. The van der Waals surface area contributed by atoms with E-state index in [-0.39, 0.29) is 12.8 Å². The van der Waals surface area contributed by atoms with Crippen LogP contribution in [0.5, 0.6) is 11.5 Å². The Labute approximate surface area is 168 Å². The molecule has 2 N–H and O–H groups in total. The van der Waals surface area contributed by atoms with Gasteiger partial charge in [0.25, 0.3) is 0 Å². The molecular formula is C21H23N3O5. The highest BCUT2D eigenvalue weighted by molar-refractivity contribution is 6.39. The number of morpholine rings is 1. The van der Waals surface area contributed by atoms with Crippen LogP contribution in [0.3, 0.4) is 0 Å². The third-order valence-corrected chi connectivity index (χ3v) is 4.96. The van der Waals surface area contributed by atoms with Crippen molar-refractivity contribution in [2.45, 2.75) is 6.04 Å². The molecule has 0 radical (unpaired) electrons. The van der Waals surface area contributed by atoms with E-state index in [9.17, 15) is 9.59 Å². The van der Waals surface area contributed by atoms with Crippen LogP contribution in [0.25, 0.3) is 0 Å². The second-order valence-electron chi connectivity index (χ2n) is 6.81. The summed E-state index contributed by atoms with van der Waals surface area (Å²) in [5, 5.41) is 5.36. The highest BCUT2D eigenvalue weighted by Crippen LogP contribution is 2.35. The van der Waals surface area contributed by atoms with Gasteiger partial charge in [-0.15, -0.1) is 0 Å². The van der Waals surface area contributed by atoms with E-state index in [2.05, 4.69) is 15.5 Å². The van der Waals surface area contributed by atoms with E-state index in [4.69, 9.17) is 14.2 Å². The summed E-state index contributed by atoms with van der Waals surface area (Å²) in [6, 6.07) is 14.5. The van der Waals surface area contributed by atoms with E-state index in [0.29, 0.717) is 36.9 Å². The topological polar surface area (TPSA) is 89.1 Å². The summed E-state index contributed by atoms with van der Waals surface area (Å²) < 4.78 is 16.3. The van der Waals surface area contributed by atoms with Crippen LogP contribution in [0.15, 0.2) is 48.5 Å². The lowest BCUT2D eigenvalue weighted by atomic mass is 10.0. The lowest BCUT2D eigenvalue weighted by Crippen LogP contribution is -2.45. The summed E-state index contributed by atoms with van der Waals surface area (Å²) in [6.45, 7) is 3.24. The molecule has 2 aromatic carbocycles. The zero-order valence-electron chi connectivity index (χ0n) is 15.9. The number of carbonyl (C=O) groups excluding carboxylic acids is 2. The van der Waals surface area contributed by atoms with Crippen LogP contribution in [0.1, 0.15) is 11.6 Å². The quantitative estimate of drug-likeness (QED) is 0.744. The fraction of sp³-hybridized carbons (Fsp3) is 0.333. The molecule has 1 atom stereocenters. The van der Waals surface area contributed by atoms with Crippen LogP contribution in [-0.4, -0.2) is 56.4 Å². The predicted molar refractivity (Wildman–Crippen MR) is 106 cm³/mol. The number of anilines is 1. The summed E-state index contributed by atoms with van der Waals surface area (Å²) >= 11 is 0. The van der Waals surface area contributed by atoms with Crippen molar-refractivity contribution < 1.29 is 23.8 Å². The molecule has 2 aromatic rings. The van der Waals surface area contributed by atoms with Crippen molar-refractivity contribution in [2.75, 3.05) is 45.0 Å². The summed E-state index contributed by atoms with van der Waals surface area (Å²) in [5.41, 5.74) is 1.56. The summed E-state index contributed by atoms with van der Waals surface area (Å²) in [7, 11) is 0. The minimum atomic E-state index is -0.692. The molecule has 0 spiro atoms. The Morgan fingerprint density at radius 1 is 0.966 bits per heavy atom. The van der Waals surface area contributed by atoms with E-state index in [1.54, 1.807) is 24.3 Å². The van der Waals surface area contributed by atoms with Crippen LogP contribution >= 0.6 is 0 Å². The molecule has 0 aliphatic carbocycles. The number of rotatable bonds is 5. The normalized spacial score (nSPS) is 16.8. The lowest BCUT2D eigenvalue weighted by molar-refractivity contribution is -0.136. The number of nitrogens with zero attached hydrogens (tertiary/aromatic N) is 1. The fourth-order valence-corrected chi connectivity index (χ4v) is 3.45. The molecule has 152 valence electrons. The first-order valence-corrected chi connectivity index (χ1v) is 9.56. The monoisotopic (exact) mass is 397 g/mol. The predicted octanol–water partition coefficient (Wildman–Crippen LogP) is 1.54. The molecule has 2 aliphatic heterocycles. The number of nitrogens with one attached hydrogen (secondary N) is 2. The molecule has 2 amide bonds. The Morgan fingerprint density at radius 3 is 2.52 bits per heavy atom. The van der Waals surface area contributed by atoms with Crippen LogP contribution in [-0.2, 0) is 14.3 Å². The van der Waals surface area contributed by atoms with Gasteiger partial charge in [0.2, 0.25) is 6.79 Å². The van der Waals surface area contributed by atoms with Gasteiger partial charge in [-0.25, -0.2) is 0 Å². The van der Waals surface area contributed by atoms with Crippen molar-refractivity contribution >= 4 is 17.5 Å². The third kappa shape index (κ3) is 4.67. The van der Waals surface area contributed by atoms with E-state index in [1.165, 1.54) is 0 Å². The van der Waals surface area contributed by atoms with Gasteiger partial charge in [-0.1, -0.05) is 24.3 Å². The maximum absolute atomic E-state index is 12.3. The maximum Gasteiger partial charge on any atom is 0.313 e. The van der Waals surface area contributed by atoms with Gasteiger partial charge in [0.1, 0.15) is 0 Å². The minimum absolute atomic E-state index is 0.109. The second kappa shape index (κ2) is 8.93. The molecule has 29 heavy (non-hydrogen) atoms. The largest absolute Gasteiger partial charge is 0.454 e. The van der Waals surface area contributed by atoms with E-state index < -0.39 is 11.8 Å². The molecular weight excluding hydrogens is 374 g/mol. The first kappa shape index (κ1) is 19.2. The van der Waals surface area contributed by atoms with Gasteiger partial charge in [0, 0.05) is 25.3 Å². The molecule has 0 saturated carbocycles. The average Bonchev–Trinajstić information content (AvgIpc) is 3.23. The number of para-hydroxylation sites is 1. The number of ether oxygens (including phenoxy) is 3. The van der Waals surface area contributed by atoms with Gasteiger partial charge in [-0.2, -0.15) is 0 Å². The van der Waals surface area contributed by atoms with E-state index in [0.717, 1.165) is 18.7 Å². The Kier molecular flexibility index (Phi) is 5.92. The fourth-order valence-electron chi connectivity index (χ4n) is 3.45. The van der Waals surface area contributed by atoms with Gasteiger partial charge < -0.3 is 24.8 Å². The molecule has 1 saturated heterocycles. The zero-order chi connectivity index (χ0) is 20.1. The van der Waals surface area contributed by atoms with Gasteiger partial charge in [-0.3, -0.25) is 14.5 Å². The van der Waals surface area contributed by atoms with Gasteiger partial charge in [0.05, 0.1) is 19.3 Å². The summed E-state index contributed by atoms with van der Waals surface area (Å²) in [5.74, 6) is 0.0325. The number of fused-ring (bicyclic) bond motifs is 1. The van der Waals surface area contributed by atoms with E-state index >= 15 is 0 Å². The molecule has 2 aliphatic rings. The number of amides is 2. The summed E-state index contributed by atoms with van der Waals surface area (Å²) in [4.78, 5) is 26.8. The molecule has 2 heterocycles. The van der Waals surface area contributed by atoms with Crippen LogP contribution in [0.4, 0.5) is 5.69 Å². The van der Waals surface area contributed by atoms with Gasteiger partial charge in [0.15, 0.2) is 11.5 Å². The van der Waals surface area contributed by atoms with Crippen molar-refractivity contribution in [1.29, 1.82) is 0 Å². The highest BCUT2D eigenvalue weighted by atomic mass is 16.7. The molecule has 0 bridgehead atoms. The SMILES string of the molecule is O=C(NC[C@@H](c1ccc2c(c1)OCO2)N1CCOCC1)C(=O)Nc1ccccc1. The standard InChI is InChI=1S/C21H23N3O5/c25-20(21(26)23-16-4-2-1-3-5-16)22-13-17(24-8-10-27-11-9-24)15-6-7-18-19(12-15)29-14-28-18/h1-7,12,17H,8-11,13-14H2,(H,22,25)(H,23,26)/t17-/m0/s1. The number of carbonyl (C=O) groups is 2. The maximum atomic E-state index is 12.3. The molecule has 0 unspecified atom stereocenters. The van der Waals surface area contributed by atoms with E-state index in [1.807, 2.05) is 24.3 Å². The molecule has 8 nitrogen and oxygen atoms in total. The number of hydrogen-bond donors (Lipinski definition) is 2. The van der Waals surface area contributed by atoms with Crippen LogP contribution in [0.2, 0.25) is 0 Å². The van der Waals surface area contributed by atoms with Crippen molar-refractivity contribution in [3.63, 3.8) is 0 Å². The van der Waals surface area contributed by atoms with Crippen molar-refractivity contribution in [2.24, 2.45) is 0 Å². The highest BCUT2D eigenvalue weighted by Gasteiger charge is 2.26. The number of hydrogen-bond acceptors (Lipinski definition) is 6. The lowest BCUT2D eigenvalue weighted by Gasteiger charge is -2.34. The molecule has 1 fully saturated rings. The molecule has 8 heteroatoms. The minimum Gasteiger partial charge on any atom is -0.454 e. The Morgan fingerprint density at radius 2 is 1.72 bits per heavy atom. The Balaban J connectivity index is 1.44. The smallest absolute Gasteiger partial charge is 0.313 e. The second-order valence-corrected chi connectivity index (χ2v) is 6.81. The first-order chi connectivity index (χ1) is 14.2. The zero-order valence-corrected chi connectivity index (χ0v) is 15.9. The average molecular weight is 397 g/mol. The van der Waals surface area contributed by atoms with Crippen LogP contribution in [0, 0.1) is 0 Å². The number of benzene rings is 2. The van der Waals surface area contributed by atoms with Crippen molar-refractivity contribution in [3.05, 3.63) is 54.1 Å². The van der Waals surface area contributed by atoms with Crippen molar-refractivity contribution in [1.82, 2.24) is 10.2 Å². The van der Waals surface area contributed by atoms with Crippen molar-refractivity contribution in [3.8, 4) is 11.5 Å². The Bertz CT molecular complexity index is 868. The van der Waals surface area contributed by atoms with Crippen LogP contribution < -0.4 is 20.1 Å². The molecule has 0 aromatic heterocycles. The third-order valence-electron chi connectivity index (χ3n) is 4.96. The molecule has 4 rings (SSSR count). The van der Waals surface area contributed by atoms with Gasteiger partial charge >= 0.3 is 11.8 Å². The first-order valence-electron chi connectivity index (χ1n) is 9.56.